The van der Waals surface area contributed by atoms with Crippen LogP contribution in [0.15, 0.2) is 12.1 Å². The van der Waals surface area contributed by atoms with Crippen LogP contribution in [-0.2, 0) is 0 Å². The van der Waals surface area contributed by atoms with Gasteiger partial charge in [-0.15, -0.1) is 0 Å². The number of halogens is 3. The SMILES string of the molecule is N#CC[C@@H](N)c1c(F)cc(Cl)cc1F. The summed E-state index contributed by atoms with van der Waals surface area (Å²) in [4.78, 5) is 0. The third-order valence-electron chi connectivity index (χ3n) is 1.73. The molecule has 0 aromatic heterocycles. The summed E-state index contributed by atoms with van der Waals surface area (Å²) in [6, 6.07) is 2.72. The predicted octanol–water partition coefficient (Wildman–Crippen LogP) is 2.53. The highest BCUT2D eigenvalue weighted by Crippen LogP contribution is 2.24. The molecule has 1 aromatic rings. The van der Waals surface area contributed by atoms with Crippen molar-refractivity contribution in [3.8, 4) is 6.07 Å². The molecule has 74 valence electrons. The van der Waals surface area contributed by atoms with Gasteiger partial charge >= 0.3 is 0 Å². The number of nitriles is 1. The van der Waals surface area contributed by atoms with Crippen LogP contribution in [0.4, 0.5) is 8.78 Å². The fourth-order valence-corrected chi connectivity index (χ4v) is 1.30. The fraction of sp³-hybridized carbons (Fsp3) is 0.222. The van der Waals surface area contributed by atoms with Crippen LogP contribution in [0.3, 0.4) is 0 Å². The van der Waals surface area contributed by atoms with Crippen molar-refractivity contribution in [1.82, 2.24) is 0 Å². The van der Waals surface area contributed by atoms with Crippen LogP contribution < -0.4 is 5.73 Å². The Morgan fingerprint density at radius 1 is 1.43 bits per heavy atom. The maximum absolute atomic E-state index is 13.2. The molecule has 0 amide bonds. The average Bonchev–Trinajstić information content (AvgIpc) is 2.01. The minimum Gasteiger partial charge on any atom is -0.323 e. The fourth-order valence-electron chi connectivity index (χ4n) is 1.11. The maximum atomic E-state index is 13.2. The Labute approximate surface area is 84.9 Å². The summed E-state index contributed by atoms with van der Waals surface area (Å²) in [6.45, 7) is 0. The van der Waals surface area contributed by atoms with Gasteiger partial charge in [0.2, 0.25) is 0 Å². The largest absolute Gasteiger partial charge is 0.323 e. The second-order valence-corrected chi connectivity index (χ2v) is 3.19. The Morgan fingerprint density at radius 2 is 1.93 bits per heavy atom. The smallest absolute Gasteiger partial charge is 0.132 e. The van der Waals surface area contributed by atoms with Crippen LogP contribution in [0.5, 0.6) is 0 Å². The van der Waals surface area contributed by atoms with Gasteiger partial charge < -0.3 is 5.73 Å². The molecule has 0 saturated carbocycles. The monoisotopic (exact) mass is 216 g/mol. The first-order valence-corrected chi connectivity index (χ1v) is 4.21. The van der Waals surface area contributed by atoms with Crippen molar-refractivity contribution < 1.29 is 8.78 Å². The van der Waals surface area contributed by atoms with Crippen molar-refractivity contribution in [2.24, 2.45) is 5.73 Å². The van der Waals surface area contributed by atoms with Gasteiger partial charge in [-0.25, -0.2) is 8.78 Å². The summed E-state index contributed by atoms with van der Waals surface area (Å²) in [5.41, 5.74) is 5.12. The molecule has 0 aliphatic rings. The molecule has 1 atom stereocenters. The first-order valence-electron chi connectivity index (χ1n) is 3.83. The highest BCUT2D eigenvalue weighted by Gasteiger charge is 2.17. The van der Waals surface area contributed by atoms with Gasteiger partial charge in [-0.1, -0.05) is 11.6 Å². The predicted molar refractivity (Wildman–Crippen MR) is 48.5 cm³/mol. The van der Waals surface area contributed by atoms with Crippen molar-refractivity contribution in [2.45, 2.75) is 12.5 Å². The van der Waals surface area contributed by atoms with Crippen molar-refractivity contribution in [2.75, 3.05) is 0 Å². The highest BCUT2D eigenvalue weighted by molar-refractivity contribution is 6.30. The minimum absolute atomic E-state index is 0.0343. The van der Waals surface area contributed by atoms with E-state index in [2.05, 4.69) is 0 Å². The molecule has 0 aliphatic carbocycles. The molecular weight excluding hydrogens is 210 g/mol. The van der Waals surface area contributed by atoms with E-state index in [1.54, 1.807) is 6.07 Å². The van der Waals surface area contributed by atoms with Gasteiger partial charge in [-0.2, -0.15) is 5.26 Å². The first kappa shape index (κ1) is 10.9. The van der Waals surface area contributed by atoms with Crippen LogP contribution in [0.2, 0.25) is 5.02 Å². The molecule has 2 N–H and O–H groups in total. The van der Waals surface area contributed by atoms with Gasteiger partial charge in [0, 0.05) is 16.6 Å². The molecule has 0 unspecified atom stereocenters. The van der Waals surface area contributed by atoms with Gasteiger partial charge in [0.25, 0.3) is 0 Å². The van der Waals surface area contributed by atoms with Gasteiger partial charge in [-0.05, 0) is 12.1 Å². The number of nitrogens with two attached hydrogens (primary N) is 1. The Bertz CT molecular complexity index is 364. The zero-order valence-electron chi connectivity index (χ0n) is 7.10. The van der Waals surface area contributed by atoms with Crippen molar-refractivity contribution in [3.63, 3.8) is 0 Å². The van der Waals surface area contributed by atoms with E-state index in [0.29, 0.717) is 0 Å². The summed E-state index contributed by atoms with van der Waals surface area (Å²) in [7, 11) is 0. The third-order valence-corrected chi connectivity index (χ3v) is 1.94. The molecule has 0 fully saturated rings. The molecule has 0 spiro atoms. The van der Waals surface area contributed by atoms with Crippen LogP contribution in [0.1, 0.15) is 18.0 Å². The summed E-state index contributed by atoms with van der Waals surface area (Å²) in [5.74, 6) is -1.64. The van der Waals surface area contributed by atoms with E-state index in [1.165, 1.54) is 0 Å². The molecule has 14 heavy (non-hydrogen) atoms. The normalized spacial score (nSPS) is 12.2. The number of hydrogen-bond acceptors (Lipinski definition) is 2. The van der Waals surface area contributed by atoms with Gasteiger partial charge in [0.05, 0.1) is 12.5 Å². The summed E-state index contributed by atoms with van der Waals surface area (Å²) in [6.07, 6.45) is -0.143. The van der Waals surface area contributed by atoms with E-state index in [4.69, 9.17) is 22.6 Å². The quantitative estimate of drug-likeness (QED) is 0.826. The second kappa shape index (κ2) is 4.36. The van der Waals surface area contributed by atoms with E-state index in [-0.39, 0.29) is 17.0 Å². The third kappa shape index (κ3) is 2.19. The van der Waals surface area contributed by atoms with Gasteiger partial charge in [0.1, 0.15) is 11.6 Å². The van der Waals surface area contributed by atoms with Crippen molar-refractivity contribution in [1.29, 1.82) is 5.26 Å². The number of hydrogen-bond donors (Lipinski definition) is 1. The summed E-state index contributed by atoms with van der Waals surface area (Å²) < 4.78 is 26.3. The average molecular weight is 217 g/mol. The highest BCUT2D eigenvalue weighted by atomic mass is 35.5. The second-order valence-electron chi connectivity index (χ2n) is 2.75. The lowest BCUT2D eigenvalue weighted by atomic mass is 10.0. The van der Waals surface area contributed by atoms with Gasteiger partial charge in [0.15, 0.2) is 0 Å². The summed E-state index contributed by atoms with van der Waals surface area (Å²) in [5, 5.41) is 8.30. The van der Waals surface area contributed by atoms with Crippen LogP contribution in [0.25, 0.3) is 0 Å². The van der Waals surface area contributed by atoms with Crippen molar-refractivity contribution >= 4 is 11.6 Å². The minimum atomic E-state index is -0.961. The van der Waals surface area contributed by atoms with Crippen LogP contribution >= 0.6 is 11.6 Å². The lowest BCUT2D eigenvalue weighted by molar-refractivity contribution is 0.528. The Hall–Kier alpha value is -1.18. The molecule has 0 aliphatic heterocycles. The Balaban J connectivity index is 3.15. The molecule has 0 saturated heterocycles. The molecular formula is C9H7ClF2N2. The number of benzene rings is 1. The zero-order chi connectivity index (χ0) is 10.7. The Kier molecular flexibility index (Phi) is 3.39. The van der Waals surface area contributed by atoms with Crippen LogP contribution in [0, 0.1) is 23.0 Å². The maximum Gasteiger partial charge on any atom is 0.132 e. The lowest BCUT2D eigenvalue weighted by Gasteiger charge is -2.10. The van der Waals surface area contributed by atoms with Crippen molar-refractivity contribution in [3.05, 3.63) is 34.4 Å². The van der Waals surface area contributed by atoms with E-state index in [9.17, 15) is 8.78 Å². The molecule has 0 bridgehead atoms. The standard InChI is InChI=1S/C9H7ClF2N2/c10-5-3-6(11)9(7(12)4-5)8(14)1-2-13/h3-4,8H,1,14H2/t8-/m1/s1. The number of nitrogens with zero attached hydrogens (tertiary/aromatic N) is 1. The van der Waals surface area contributed by atoms with Crippen LogP contribution in [-0.4, -0.2) is 0 Å². The zero-order valence-corrected chi connectivity index (χ0v) is 7.85. The Morgan fingerprint density at radius 3 is 2.36 bits per heavy atom. The van der Waals surface area contributed by atoms with E-state index in [1.807, 2.05) is 0 Å². The van der Waals surface area contributed by atoms with E-state index in [0.717, 1.165) is 12.1 Å². The molecule has 0 heterocycles. The van der Waals surface area contributed by atoms with E-state index >= 15 is 0 Å². The van der Waals surface area contributed by atoms with E-state index < -0.39 is 17.7 Å². The molecule has 1 aromatic carbocycles. The van der Waals surface area contributed by atoms with Gasteiger partial charge in [-0.3, -0.25) is 0 Å². The molecule has 2 nitrogen and oxygen atoms in total. The molecule has 5 heteroatoms. The number of rotatable bonds is 2. The molecule has 0 radical (unpaired) electrons. The summed E-state index contributed by atoms with van der Waals surface area (Å²) >= 11 is 5.42. The first-order chi connectivity index (χ1) is 6.56. The molecule has 1 rings (SSSR count). The lowest BCUT2D eigenvalue weighted by Crippen LogP contribution is -2.13. The topological polar surface area (TPSA) is 49.8 Å².